The van der Waals surface area contributed by atoms with E-state index in [0.29, 0.717) is 0 Å². The van der Waals surface area contributed by atoms with E-state index < -0.39 is 5.91 Å². The van der Waals surface area contributed by atoms with Crippen molar-refractivity contribution in [1.29, 1.82) is 0 Å². The summed E-state index contributed by atoms with van der Waals surface area (Å²) in [4.78, 5) is 9.42. The molecule has 0 saturated carbocycles. The van der Waals surface area contributed by atoms with Gasteiger partial charge >= 0.3 is 21.8 Å². The monoisotopic (exact) mass is 151 g/mol. The second kappa shape index (κ2) is 9.31. The SMILES string of the molecule is [CH2-]CC([NH-])=O.[O]=[Zn]. The second-order valence-electron chi connectivity index (χ2n) is 0.673. The Morgan fingerprint density at radius 3 is 1.86 bits per heavy atom. The van der Waals surface area contributed by atoms with Crippen molar-refractivity contribution in [2.24, 2.45) is 0 Å². The second-order valence-corrected chi connectivity index (χ2v) is 0.673. The minimum atomic E-state index is -0.606. The van der Waals surface area contributed by atoms with E-state index in [2.05, 4.69) is 6.92 Å². The summed E-state index contributed by atoms with van der Waals surface area (Å²) >= 11 is 0.125. The van der Waals surface area contributed by atoms with E-state index in [4.69, 9.17) is 9.31 Å². The van der Waals surface area contributed by atoms with Crippen LogP contribution in [0.4, 0.5) is 0 Å². The van der Waals surface area contributed by atoms with Crippen LogP contribution in [0.3, 0.4) is 0 Å². The van der Waals surface area contributed by atoms with E-state index in [1.54, 1.807) is 0 Å². The number of nitrogens with one attached hydrogen (secondary N) is 1. The molecule has 0 bridgehead atoms. The Hall–Kier alpha value is -0.107. The topological polar surface area (TPSA) is 57.9 Å². The maximum atomic E-state index is 9.42. The van der Waals surface area contributed by atoms with Crippen LogP contribution in [0.5, 0.6) is 0 Å². The molecule has 0 aliphatic heterocycles. The third-order valence-electron chi connectivity index (χ3n) is 0.227. The summed E-state index contributed by atoms with van der Waals surface area (Å²) in [6, 6.07) is 0. The molecule has 3 nitrogen and oxygen atoms in total. The Kier molecular flexibility index (Phi) is 13.3. The van der Waals surface area contributed by atoms with Crippen molar-refractivity contribution in [2.75, 3.05) is 0 Å². The maximum absolute atomic E-state index is 9.42. The number of hydrogen-bond donors (Lipinski definition) is 0. The van der Waals surface area contributed by atoms with Crippen LogP contribution in [0.1, 0.15) is 6.42 Å². The Morgan fingerprint density at radius 2 is 1.86 bits per heavy atom. The summed E-state index contributed by atoms with van der Waals surface area (Å²) in [5.74, 6) is -0.606. The number of carbonyl (C=O) groups is 1. The molecule has 0 aliphatic carbocycles. The van der Waals surface area contributed by atoms with E-state index in [1.165, 1.54) is 0 Å². The Bertz CT molecular complexity index is 56.9. The van der Waals surface area contributed by atoms with Gasteiger partial charge in [-0.05, 0) is 0 Å². The average molecular weight is 152 g/mol. The van der Waals surface area contributed by atoms with E-state index in [0.717, 1.165) is 0 Å². The Labute approximate surface area is 52.2 Å². The number of carbonyl (C=O) groups excluding carboxylic acids is 1. The Balaban J connectivity index is 0. The molecule has 0 radical (unpaired) electrons. The summed E-state index contributed by atoms with van der Waals surface area (Å²) in [5.41, 5.74) is 6.12. The fraction of sp³-hybridized carbons (Fsp3) is 0.333. The van der Waals surface area contributed by atoms with Gasteiger partial charge in [0, 0.05) is 5.91 Å². The minimum absolute atomic E-state index is 0.0833. The number of hydrogen-bond acceptors (Lipinski definition) is 2. The zero-order valence-electron chi connectivity index (χ0n) is 3.94. The molecule has 0 spiro atoms. The molecular weight excluding hydrogens is 147 g/mol. The predicted octanol–water partition coefficient (Wildman–Crippen LogP) is 0.668. The van der Waals surface area contributed by atoms with Gasteiger partial charge in [0.05, 0.1) is 0 Å². The Morgan fingerprint density at radius 1 is 1.71 bits per heavy atom. The molecule has 7 heavy (non-hydrogen) atoms. The third-order valence-corrected chi connectivity index (χ3v) is 0.227. The predicted molar refractivity (Wildman–Crippen MR) is 20.0 cm³/mol. The third kappa shape index (κ3) is 24.9. The van der Waals surface area contributed by atoms with Crippen molar-refractivity contribution >= 4 is 5.91 Å². The quantitative estimate of drug-likeness (QED) is 0.410. The van der Waals surface area contributed by atoms with E-state index in [9.17, 15) is 4.79 Å². The fourth-order valence-corrected chi connectivity index (χ4v) is 0. The first-order valence-corrected chi connectivity index (χ1v) is 2.81. The molecular formula is C3H5NO2Zn-2. The standard InChI is InChI=1S/C3H6NO.O.Zn/c1-2-3(4)5;;/h1-2H2,(H2,4,5);;/q-1;;/p-1. The molecule has 1 amide bonds. The zero-order chi connectivity index (χ0) is 6.28. The average Bonchev–Trinajstić information content (AvgIpc) is 1.73. The summed E-state index contributed by atoms with van der Waals surface area (Å²) in [6.07, 6.45) is 0.0833. The number of amides is 1. The van der Waals surface area contributed by atoms with Gasteiger partial charge in [0.2, 0.25) is 0 Å². The van der Waals surface area contributed by atoms with E-state index in [-0.39, 0.29) is 24.7 Å². The zero-order valence-corrected chi connectivity index (χ0v) is 6.90. The normalized spacial score (nSPS) is 6.14. The molecule has 0 aromatic rings. The van der Waals surface area contributed by atoms with Gasteiger partial charge in [0.25, 0.3) is 0 Å². The van der Waals surface area contributed by atoms with Gasteiger partial charge in [-0.1, -0.05) is 0 Å². The van der Waals surface area contributed by atoms with Crippen molar-refractivity contribution in [3.63, 3.8) is 0 Å². The molecule has 0 saturated heterocycles. The molecule has 1 N–H and O–H groups in total. The van der Waals surface area contributed by atoms with Crippen molar-refractivity contribution in [2.45, 2.75) is 6.42 Å². The van der Waals surface area contributed by atoms with Gasteiger partial charge in [0.15, 0.2) is 0 Å². The molecule has 0 atom stereocenters. The van der Waals surface area contributed by atoms with Gasteiger partial charge in [-0.25, -0.2) is 0 Å². The van der Waals surface area contributed by atoms with Crippen LogP contribution in [-0.4, -0.2) is 5.91 Å². The van der Waals surface area contributed by atoms with Gasteiger partial charge in [-0.3, -0.25) is 0 Å². The van der Waals surface area contributed by atoms with Crippen LogP contribution in [-0.2, 0) is 26.6 Å². The molecule has 0 fully saturated rings. The van der Waals surface area contributed by atoms with Gasteiger partial charge in [-0.2, -0.15) is 0 Å². The first-order valence-electron chi connectivity index (χ1n) is 1.60. The van der Waals surface area contributed by atoms with Crippen LogP contribution in [0.15, 0.2) is 0 Å². The molecule has 0 aromatic heterocycles. The number of rotatable bonds is 1. The summed E-state index contributed by atoms with van der Waals surface area (Å²) < 4.78 is 8.38. The molecule has 0 heterocycles. The molecule has 0 aliphatic rings. The van der Waals surface area contributed by atoms with Gasteiger partial charge in [-0.15, -0.1) is 6.42 Å². The molecule has 0 rings (SSSR count). The molecule has 4 heteroatoms. The van der Waals surface area contributed by atoms with Crippen molar-refractivity contribution in [3.8, 4) is 0 Å². The van der Waals surface area contributed by atoms with Crippen molar-refractivity contribution in [1.82, 2.24) is 0 Å². The van der Waals surface area contributed by atoms with Crippen molar-refractivity contribution < 1.29 is 26.6 Å². The van der Waals surface area contributed by atoms with Crippen molar-refractivity contribution in [3.05, 3.63) is 12.7 Å². The van der Waals surface area contributed by atoms with E-state index in [1.807, 2.05) is 0 Å². The fourth-order valence-electron chi connectivity index (χ4n) is 0. The molecule has 0 aromatic carbocycles. The first-order chi connectivity index (χ1) is 3.27. The van der Waals surface area contributed by atoms with Crippen LogP contribution < -0.4 is 0 Å². The van der Waals surface area contributed by atoms with Crippen LogP contribution in [0, 0.1) is 6.92 Å². The summed E-state index contributed by atoms with van der Waals surface area (Å²) in [7, 11) is 0. The van der Waals surface area contributed by atoms with Crippen LogP contribution >= 0.6 is 0 Å². The summed E-state index contributed by atoms with van der Waals surface area (Å²) in [5, 5.41) is 0. The first kappa shape index (κ1) is 10.00. The molecule has 0 unspecified atom stereocenters. The van der Waals surface area contributed by atoms with Crippen LogP contribution in [0.2, 0.25) is 0 Å². The van der Waals surface area contributed by atoms with E-state index >= 15 is 0 Å². The van der Waals surface area contributed by atoms with Crippen LogP contribution in [0.25, 0.3) is 5.73 Å². The molecule has 38 valence electrons. The van der Waals surface area contributed by atoms with Gasteiger partial charge < -0.3 is 17.5 Å². The van der Waals surface area contributed by atoms with Gasteiger partial charge in [0.1, 0.15) is 0 Å². The summed E-state index contributed by atoms with van der Waals surface area (Å²) in [6.45, 7) is 3.15.